The van der Waals surface area contributed by atoms with E-state index in [-0.39, 0.29) is 31.1 Å². The average molecular weight is 451 g/mol. The summed E-state index contributed by atoms with van der Waals surface area (Å²) >= 11 is 3.32. The third-order valence-electron chi connectivity index (χ3n) is 1.34. The van der Waals surface area contributed by atoms with Gasteiger partial charge in [0.05, 0.1) is 0 Å². The average Bonchev–Trinajstić information content (AvgIpc) is 1.85. The second kappa shape index (κ2) is 6.95. The number of allylic oxidation sites excluding steroid dienone is 4. The number of halogens is 1. The van der Waals surface area contributed by atoms with Gasteiger partial charge in [0.2, 0.25) is 0 Å². The summed E-state index contributed by atoms with van der Waals surface area (Å²) in [5, 5.41) is 0. The molecule has 0 aliphatic heterocycles. The third-order valence-corrected chi connectivity index (χ3v) is 1.74. The molecule has 0 rings (SSSR count). The molecule has 0 radical (unpaired) electrons. The van der Waals surface area contributed by atoms with Crippen molar-refractivity contribution in [2.45, 2.75) is 13.8 Å². The molecule has 0 aromatic carbocycles. The topological polar surface area (TPSA) is 0 Å². The van der Waals surface area contributed by atoms with Crippen LogP contribution in [0.1, 0.15) is 13.8 Å². The van der Waals surface area contributed by atoms with Gasteiger partial charge in [-0.25, -0.2) is 12.0 Å². The molecule has 64 valence electrons. The minimum Gasteiger partial charge on any atom is -0.298 e. The first-order valence-electron chi connectivity index (χ1n) is 3.34. The van der Waals surface area contributed by atoms with E-state index in [4.69, 9.17) is 0 Å². The summed E-state index contributed by atoms with van der Waals surface area (Å²) in [4.78, 5) is 0. The van der Waals surface area contributed by atoms with Crippen LogP contribution < -0.4 is 0 Å². The van der Waals surface area contributed by atoms with Crippen molar-refractivity contribution in [1.29, 1.82) is 0 Å². The van der Waals surface area contributed by atoms with Crippen molar-refractivity contribution in [3.05, 3.63) is 47.7 Å². The molecule has 0 bridgehead atoms. The maximum Gasteiger partial charge on any atom is 2.00 e. The van der Waals surface area contributed by atoms with Gasteiger partial charge in [-0.2, -0.15) is 13.2 Å². The summed E-state index contributed by atoms with van der Waals surface area (Å²) < 4.78 is 0.863. The first kappa shape index (κ1) is 15.0. The Labute approximate surface area is 108 Å². The molecular weight excluding hydrogens is 438 g/mol. The molecule has 0 fully saturated rings. The van der Waals surface area contributed by atoms with Gasteiger partial charge < -0.3 is 0 Å². The SMILES string of the molecule is C=C/C([CH2-])=C(\C(=C)Br)[C-](C)C.[U+2]. The van der Waals surface area contributed by atoms with Gasteiger partial charge in [0.25, 0.3) is 0 Å². The van der Waals surface area contributed by atoms with E-state index in [1.54, 1.807) is 6.08 Å². The molecule has 2 heteroatoms. The van der Waals surface area contributed by atoms with Gasteiger partial charge in [-0.15, -0.1) is 34.3 Å². The minimum atomic E-state index is 0. The molecule has 0 N–H and O–H groups in total. The molecule has 0 unspecified atom stereocenters. The van der Waals surface area contributed by atoms with Crippen molar-refractivity contribution in [3.63, 3.8) is 0 Å². The van der Waals surface area contributed by atoms with Crippen LogP contribution in [-0.2, 0) is 0 Å². The van der Waals surface area contributed by atoms with Gasteiger partial charge in [-0.1, -0.05) is 0 Å². The van der Waals surface area contributed by atoms with Crippen molar-refractivity contribution in [2.75, 3.05) is 0 Å². The molecule has 12 heavy (non-hydrogen) atoms. The van der Waals surface area contributed by atoms with Crippen LogP contribution in [0.15, 0.2) is 34.9 Å². The van der Waals surface area contributed by atoms with E-state index in [0.29, 0.717) is 0 Å². The molecule has 0 saturated heterocycles. The molecular formula is C10H13BrU. The van der Waals surface area contributed by atoms with Gasteiger partial charge >= 0.3 is 31.1 Å². The Kier molecular flexibility index (Phi) is 8.68. The standard InChI is InChI=1S/C10H13Br.U/c1-6-8(4)10(7(2)3)9(5)11;/h6H,1,4-5H2,2-3H3;/q-2;+2/b10-8-;. The van der Waals surface area contributed by atoms with Gasteiger partial charge in [-0.05, 0) is 0 Å². The van der Waals surface area contributed by atoms with Crippen molar-refractivity contribution in [2.24, 2.45) is 0 Å². The Bertz CT molecular complexity index is 202. The van der Waals surface area contributed by atoms with Crippen LogP contribution in [0.3, 0.4) is 0 Å². The smallest absolute Gasteiger partial charge is 0.298 e. The van der Waals surface area contributed by atoms with Gasteiger partial charge in [0, 0.05) is 0 Å². The fourth-order valence-corrected chi connectivity index (χ4v) is 1.52. The predicted molar refractivity (Wildman–Crippen MR) is 55.2 cm³/mol. The Balaban J connectivity index is 0. The summed E-state index contributed by atoms with van der Waals surface area (Å²) in [6, 6.07) is 0. The predicted octanol–water partition coefficient (Wildman–Crippen LogP) is 3.83. The first-order valence-corrected chi connectivity index (χ1v) is 4.14. The van der Waals surface area contributed by atoms with Crippen LogP contribution in [0.4, 0.5) is 0 Å². The monoisotopic (exact) mass is 450 g/mol. The largest absolute Gasteiger partial charge is 2.00 e. The Morgan fingerprint density at radius 2 is 1.92 bits per heavy atom. The Hall–Kier alpha value is 0.492. The van der Waals surface area contributed by atoms with Crippen molar-refractivity contribution < 1.29 is 31.1 Å². The van der Waals surface area contributed by atoms with Crippen molar-refractivity contribution in [3.8, 4) is 0 Å². The summed E-state index contributed by atoms with van der Waals surface area (Å²) in [5.41, 5.74) is 1.96. The number of hydrogen-bond donors (Lipinski definition) is 0. The Morgan fingerprint density at radius 1 is 1.50 bits per heavy atom. The summed E-state index contributed by atoms with van der Waals surface area (Å²) in [5.74, 6) is 1.19. The first-order chi connectivity index (χ1) is 5.00. The Morgan fingerprint density at radius 3 is 2.00 bits per heavy atom. The molecule has 0 aromatic heterocycles. The van der Waals surface area contributed by atoms with E-state index in [0.717, 1.165) is 15.6 Å². The van der Waals surface area contributed by atoms with Gasteiger partial charge in [0.1, 0.15) is 0 Å². The zero-order valence-corrected chi connectivity index (χ0v) is 13.3. The maximum absolute atomic E-state index is 3.85. The van der Waals surface area contributed by atoms with Crippen LogP contribution in [0, 0.1) is 44.0 Å². The summed E-state index contributed by atoms with van der Waals surface area (Å²) in [7, 11) is 0. The van der Waals surface area contributed by atoms with E-state index >= 15 is 0 Å². The minimum absolute atomic E-state index is 0. The van der Waals surface area contributed by atoms with Crippen LogP contribution >= 0.6 is 15.9 Å². The van der Waals surface area contributed by atoms with E-state index < -0.39 is 0 Å². The second-order valence-corrected chi connectivity index (χ2v) is 3.47. The molecule has 0 amide bonds. The van der Waals surface area contributed by atoms with Crippen LogP contribution in [0.5, 0.6) is 0 Å². The van der Waals surface area contributed by atoms with Crippen LogP contribution in [0.2, 0.25) is 0 Å². The van der Waals surface area contributed by atoms with Crippen molar-refractivity contribution in [1.82, 2.24) is 0 Å². The summed E-state index contributed by atoms with van der Waals surface area (Å²) in [6.45, 7) is 15.3. The van der Waals surface area contributed by atoms with Crippen LogP contribution in [0.25, 0.3) is 0 Å². The molecule has 0 spiro atoms. The normalized spacial score (nSPS) is 10.9. The van der Waals surface area contributed by atoms with E-state index in [9.17, 15) is 0 Å². The number of rotatable bonds is 3. The fraction of sp³-hybridized carbons (Fsp3) is 0.200. The molecule has 0 atom stereocenters. The van der Waals surface area contributed by atoms with Crippen LogP contribution in [-0.4, -0.2) is 0 Å². The second-order valence-electron chi connectivity index (χ2n) is 2.51. The third kappa shape index (κ3) is 4.50. The quantitative estimate of drug-likeness (QED) is 0.453. The zero-order chi connectivity index (χ0) is 9.02. The van der Waals surface area contributed by atoms with Gasteiger partial charge in [0.15, 0.2) is 0 Å². The molecule has 0 aliphatic carbocycles. The van der Waals surface area contributed by atoms with E-state index in [1.807, 2.05) is 13.8 Å². The van der Waals surface area contributed by atoms with E-state index in [2.05, 4.69) is 36.0 Å². The number of hydrogen-bond acceptors (Lipinski definition) is 0. The summed E-state index contributed by atoms with van der Waals surface area (Å²) in [6.07, 6.45) is 1.73. The van der Waals surface area contributed by atoms with Crippen molar-refractivity contribution >= 4 is 15.9 Å². The fourth-order valence-electron chi connectivity index (χ4n) is 0.869. The molecule has 0 heterocycles. The molecule has 0 aromatic rings. The van der Waals surface area contributed by atoms with E-state index in [1.165, 1.54) is 5.92 Å². The maximum atomic E-state index is 3.85. The molecule has 0 saturated carbocycles. The molecule has 0 nitrogen and oxygen atoms in total. The van der Waals surface area contributed by atoms with Gasteiger partial charge in [-0.3, -0.25) is 18.1 Å². The molecule has 0 aliphatic rings. The zero-order valence-electron chi connectivity index (χ0n) is 7.58.